The fourth-order valence-corrected chi connectivity index (χ4v) is 1.86. The maximum atomic E-state index is 11.9. The van der Waals surface area contributed by atoms with Gasteiger partial charge in [0.15, 0.2) is 0 Å². The maximum absolute atomic E-state index is 11.9. The molecule has 0 aromatic heterocycles. The summed E-state index contributed by atoms with van der Waals surface area (Å²) in [6.07, 6.45) is 4.31. The average molecular weight is 226 g/mol. The molecule has 4 nitrogen and oxygen atoms in total. The van der Waals surface area contributed by atoms with E-state index in [1.54, 1.807) is 0 Å². The molecule has 0 saturated carbocycles. The molecule has 2 atom stereocenters. The molecule has 1 aliphatic rings. The van der Waals surface area contributed by atoms with Crippen LogP contribution in [0.2, 0.25) is 0 Å². The highest BCUT2D eigenvalue weighted by Crippen LogP contribution is 2.10. The van der Waals surface area contributed by atoms with Crippen molar-refractivity contribution in [3.8, 4) is 0 Å². The number of rotatable bonds is 2. The summed E-state index contributed by atoms with van der Waals surface area (Å²) in [5, 5.41) is 5.72. The molecule has 0 bridgehead atoms. The predicted octanol–water partition coefficient (Wildman–Crippen LogP) is 1.21. The largest absolute Gasteiger partial charge is 0.354 e. The van der Waals surface area contributed by atoms with Crippen molar-refractivity contribution in [3.63, 3.8) is 0 Å². The van der Waals surface area contributed by atoms with Crippen LogP contribution >= 0.6 is 0 Å². The summed E-state index contributed by atoms with van der Waals surface area (Å²) in [5.74, 6) is 0.148. The summed E-state index contributed by atoms with van der Waals surface area (Å²) in [7, 11) is 0. The Morgan fingerprint density at radius 1 is 1.31 bits per heavy atom. The first-order valence-electron chi connectivity index (χ1n) is 6.22. The molecular weight excluding hydrogens is 204 g/mol. The van der Waals surface area contributed by atoms with Crippen LogP contribution < -0.4 is 10.6 Å². The van der Waals surface area contributed by atoms with Gasteiger partial charge in [-0.1, -0.05) is 26.7 Å². The summed E-state index contributed by atoms with van der Waals surface area (Å²) in [5.41, 5.74) is 0. The molecule has 0 radical (unpaired) electrons. The lowest BCUT2D eigenvalue weighted by molar-refractivity contribution is -0.130. The van der Waals surface area contributed by atoms with Crippen molar-refractivity contribution in [3.05, 3.63) is 0 Å². The number of amides is 2. The van der Waals surface area contributed by atoms with Gasteiger partial charge < -0.3 is 10.6 Å². The van der Waals surface area contributed by atoms with E-state index in [4.69, 9.17) is 0 Å². The minimum absolute atomic E-state index is 0.00218. The Bertz CT molecular complexity index is 253. The van der Waals surface area contributed by atoms with E-state index in [-0.39, 0.29) is 23.8 Å². The lowest BCUT2D eigenvalue weighted by Gasteiger charge is -2.24. The highest BCUT2D eigenvalue weighted by atomic mass is 16.2. The number of carbonyl (C=O) groups is 2. The fourth-order valence-electron chi connectivity index (χ4n) is 1.86. The maximum Gasteiger partial charge on any atom is 0.242 e. The van der Waals surface area contributed by atoms with E-state index in [1.807, 2.05) is 13.8 Å². The molecule has 0 spiro atoms. The molecule has 92 valence electrons. The van der Waals surface area contributed by atoms with E-state index in [9.17, 15) is 9.59 Å². The van der Waals surface area contributed by atoms with Gasteiger partial charge in [-0.25, -0.2) is 0 Å². The van der Waals surface area contributed by atoms with Gasteiger partial charge in [-0.15, -0.1) is 0 Å². The predicted molar refractivity (Wildman–Crippen MR) is 62.9 cm³/mol. The third-order valence-electron chi connectivity index (χ3n) is 3.19. The van der Waals surface area contributed by atoms with Gasteiger partial charge >= 0.3 is 0 Å². The SMILES string of the molecule is CC[C@H](C)[C@@H]1NC(=O)CCCCCNC1=O. The Balaban J connectivity index is 2.65. The van der Waals surface area contributed by atoms with Crippen LogP contribution in [0, 0.1) is 5.92 Å². The van der Waals surface area contributed by atoms with Crippen LogP contribution in [0.25, 0.3) is 0 Å². The number of hydrogen-bond acceptors (Lipinski definition) is 2. The van der Waals surface area contributed by atoms with Gasteiger partial charge in [0, 0.05) is 13.0 Å². The molecule has 2 amide bonds. The summed E-state index contributed by atoms with van der Waals surface area (Å²) < 4.78 is 0. The highest BCUT2D eigenvalue weighted by Gasteiger charge is 2.25. The van der Waals surface area contributed by atoms with Gasteiger partial charge in [0.2, 0.25) is 11.8 Å². The molecular formula is C12H22N2O2. The smallest absolute Gasteiger partial charge is 0.242 e. The molecule has 0 aromatic rings. The van der Waals surface area contributed by atoms with Crippen molar-refractivity contribution in [1.82, 2.24) is 10.6 Å². The molecule has 1 fully saturated rings. The van der Waals surface area contributed by atoms with Crippen molar-refractivity contribution >= 4 is 11.8 Å². The zero-order valence-corrected chi connectivity index (χ0v) is 10.2. The van der Waals surface area contributed by atoms with Gasteiger partial charge in [-0.05, 0) is 18.8 Å². The van der Waals surface area contributed by atoms with E-state index in [2.05, 4.69) is 10.6 Å². The number of nitrogens with one attached hydrogen (secondary N) is 2. The van der Waals surface area contributed by atoms with E-state index < -0.39 is 0 Å². The minimum Gasteiger partial charge on any atom is -0.354 e. The first kappa shape index (κ1) is 13.0. The van der Waals surface area contributed by atoms with Crippen LogP contribution in [-0.2, 0) is 9.59 Å². The van der Waals surface area contributed by atoms with Crippen LogP contribution in [0.5, 0.6) is 0 Å². The Kier molecular flexibility index (Phi) is 5.29. The van der Waals surface area contributed by atoms with Crippen molar-refractivity contribution in [2.45, 2.75) is 52.0 Å². The third kappa shape index (κ3) is 3.83. The van der Waals surface area contributed by atoms with Gasteiger partial charge in [-0.2, -0.15) is 0 Å². The van der Waals surface area contributed by atoms with E-state index in [0.717, 1.165) is 32.2 Å². The summed E-state index contributed by atoms with van der Waals surface area (Å²) in [6, 6.07) is -0.365. The second-order valence-electron chi connectivity index (χ2n) is 4.53. The molecule has 1 saturated heterocycles. The molecule has 1 rings (SSSR count). The van der Waals surface area contributed by atoms with E-state index in [1.165, 1.54) is 0 Å². The first-order valence-corrected chi connectivity index (χ1v) is 6.22. The molecule has 0 aliphatic carbocycles. The quantitative estimate of drug-likeness (QED) is 0.743. The second kappa shape index (κ2) is 6.51. The summed E-state index contributed by atoms with van der Waals surface area (Å²) >= 11 is 0. The highest BCUT2D eigenvalue weighted by molar-refractivity contribution is 5.87. The summed E-state index contributed by atoms with van der Waals surface area (Å²) in [4.78, 5) is 23.4. The molecule has 4 heteroatoms. The molecule has 16 heavy (non-hydrogen) atoms. The van der Waals surface area contributed by atoms with E-state index >= 15 is 0 Å². The van der Waals surface area contributed by atoms with Gasteiger partial charge in [0.05, 0.1) is 0 Å². The molecule has 1 heterocycles. The van der Waals surface area contributed by atoms with E-state index in [0.29, 0.717) is 6.42 Å². The van der Waals surface area contributed by atoms with Gasteiger partial charge in [-0.3, -0.25) is 9.59 Å². The molecule has 0 unspecified atom stereocenters. The van der Waals surface area contributed by atoms with Crippen LogP contribution in [-0.4, -0.2) is 24.4 Å². The Labute approximate surface area is 97.2 Å². The average Bonchev–Trinajstić information content (AvgIpc) is 2.28. The van der Waals surface area contributed by atoms with Crippen LogP contribution in [0.15, 0.2) is 0 Å². The lowest BCUT2D eigenvalue weighted by Crippen LogP contribution is -2.50. The monoisotopic (exact) mass is 226 g/mol. The fraction of sp³-hybridized carbons (Fsp3) is 0.833. The van der Waals surface area contributed by atoms with Gasteiger partial charge in [0.1, 0.15) is 6.04 Å². The van der Waals surface area contributed by atoms with Crippen LogP contribution in [0.1, 0.15) is 46.0 Å². The van der Waals surface area contributed by atoms with Crippen molar-refractivity contribution in [2.24, 2.45) is 5.92 Å². The third-order valence-corrected chi connectivity index (χ3v) is 3.19. The molecule has 1 aliphatic heterocycles. The number of carbonyl (C=O) groups excluding carboxylic acids is 2. The molecule has 2 N–H and O–H groups in total. The van der Waals surface area contributed by atoms with Gasteiger partial charge in [0.25, 0.3) is 0 Å². The van der Waals surface area contributed by atoms with Crippen LogP contribution in [0.4, 0.5) is 0 Å². The summed E-state index contributed by atoms with van der Waals surface area (Å²) in [6.45, 7) is 4.75. The Morgan fingerprint density at radius 3 is 2.75 bits per heavy atom. The Hall–Kier alpha value is -1.06. The standard InChI is InChI=1S/C12H22N2O2/c1-3-9(2)11-12(16)13-8-6-4-5-7-10(15)14-11/h9,11H,3-8H2,1-2H3,(H,13,16)(H,14,15)/t9-,11-/m0/s1. The zero-order valence-electron chi connectivity index (χ0n) is 10.2. The first-order chi connectivity index (χ1) is 7.65. The zero-order chi connectivity index (χ0) is 12.0. The van der Waals surface area contributed by atoms with Crippen molar-refractivity contribution in [1.29, 1.82) is 0 Å². The second-order valence-corrected chi connectivity index (χ2v) is 4.53. The molecule has 0 aromatic carbocycles. The normalized spacial score (nSPS) is 25.5. The Morgan fingerprint density at radius 2 is 2.06 bits per heavy atom. The number of hydrogen-bond donors (Lipinski definition) is 2. The minimum atomic E-state index is -0.365. The van der Waals surface area contributed by atoms with Crippen molar-refractivity contribution < 1.29 is 9.59 Å². The lowest BCUT2D eigenvalue weighted by atomic mass is 9.97. The van der Waals surface area contributed by atoms with Crippen molar-refractivity contribution in [2.75, 3.05) is 6.54 Å². The topological polar surface area (TPSA) is 58.2 Å². The van der Waals surface area contributed by atoms with Crippen LogP contribution in [0.3, 0.4) is 0 Å².